The van der Waals surface area contributed by atoms with Gasteiger partial charge < -0.3 is 4.42 Å². The minimum Gasteiger partial charge on any atom is -0.436 e. The maximum Gasteiger partial charge on any atom is 0.233 e. The molecule has 2 heterocycles. The third-order valence-corrected chi connectivity index (χ3v) is 3.94. The smallest absolute Gasteiger partial charge is 0.233 e. The summed E-state index contributed by atoms with van der Waals surface area (Å²) in [5.74, 6) is 0.293. The number of halogens is 2. The van der Waals surface area contributed by atoms with Gasteiger partial charge in [-0.05, 0) is 36.4 Å². The van der Waals surface area contributed by atoms with Crippen LogP contribution in [0.2, 0.25) is 5.02 Å². The van der Waals surface area contributed by atoms with E-state index < -0.39 is 0 Å². The van der Waals surface area contributed by atoms with E-state index in [4.69, 9.17) is 16.0 Å². The molecule has 2 aromatic carbocycles. The summed E-state index contributed by atoms with van der Waals surface area (Å²) in [5.41, 5.74) is 3.15. The van der Waals surface area contributed by atoms with Gasteiger partial charge in [-0.25, -0.2) is 9.37 Å². The normalized spacial score (nSPS) is 11.1. The molecular weight excluding hydrogens is 327 g/mol. The van der Waals surface area contributed by atoms with Gasteiger partial charge in [0.05, 0.1) is 0 Å². The zero-order chi connectivity index (χ0) is 16.5. The molecule has 4 rings (SSSR count). The monoisotopic (exact) mass is 339 g/mol. The molecule has 0 aliphatic heterocycles. The van der Waals surface area contributed by atoms with Crippen molar-refractivity contribution < 1.29 is 13.4 Å². The number of nitrogens with zero attached hydrogens (tertiary/aromatic N) is 2. The fraction of sp³-hybridized carbons (Fsp3) is 0.0526. The molecule has 2 aromatic heterocycles. The van der Waals surface area contributed by atoms with E-state index >= 15 is 0 Å². The molecule has 0 aliphatic carbocycles. The molecule has 0 amide bonds. The van der Waals surface area contributed by atoms with Crippen LogP contribution in [0.25, 0.3) is 22.6 Å². The number of oxazole rings is 1. The summed E-state index contributed by atoms with van der Waals surface area (Å²) in [6.07, 6.45) is 3.85. The molecule has 0 saturated heterocycles. The van der Waals surface area contributed by atoms with Crippen LogP contribution in [0.1, 0.15) is 5.56 Å². The summed E-state index contributed by atoms with van der Waals surface area (Å²) in [4.78, 5) is 4.48. The van der Waals surface area contributed by atoms with E-state index in [9.17, 15) is 4.39 Å². The Morgan fingerprint density at radius 2 is 2.00 bits per heavy atom. The molecular formula is C19H13ClFN2O+. The van der Waals surface area contributed by atoms with Gasteiger partial charge in [0.25, 0.3) is 0 Å². The molecule has 0 saturated carbocycles. The second-order valence-electron chi connectivity index (χ2n) is 5.53. The minimum absolute atomic E-state index is 0.236. The van der Waals surface area contributed by atoms with Crippen molar-refractivity contribution in [1.29, 1.82) is 0 Å². The van der Waals surface area contributed by atoms with E-state index in [0.29, 0.717) is 23.0 Å². The van der Waals surface area contributed by atoms with Crippen LogP contribution in [0.15, 0.2) is 71.4 Å². The van der Waals surface area contributed by atoms with Gasteiger partial charge in [0.15, 0.2) is 24.5 Å². The van der Waals surface area contributed by atoms with Crippen molar-refractivity contribution in [1.82, 2.24) is 4.98 Å². The highest BCUT2D eigenvalue weighted by molar-refractivity contribution is 6.31. The first-order chi connectivity index (χ1) is 11.7. The first kappa shape index (κ1) is 14.8. The topological polar surface area (TPSA) is 29.9 Å². The Morgan fingerprint density at radius 3 is 2.88 bits per heavy atom. The Balaban J connectivity index is 1.68. The molecule has 0 fully saturated rings. The van der Waals surface area contributed by atoms with Crippen molar-refractivity contribution in [2.75, 3.05) is 0 Å². The van der Waals surface area contributed by atoms with Crippen molar-refractivity contribution in [2.24, 2.45) is 0 Å². The molecule has 0 radical (unpaired) electrons. The van der Waals surface area contributed by atoms with Gasteiger partial charge >= 0.3 is 0 Å². The second kappa shape index (κ2) is 6.06. The lowest BCUT2D eigenvalue weighted by atomic mass is 10.2. The zero-order valence-corrected chi connectivity index (χ0v) is 13.4. The van der Waals surface area contributed by atoms with Gasteiger partial charge in [-0.1, -0.05) is 23.7 Å². The number of hydrogen-bond donors (Lipinski definition) is 0. The van der Waals surface area contributed by atoms with Gasteiger partial charge in [0, 0.05) is 16.7 Å². The van der Waals surface area contributed by atoms with Gasteiger partial charge in [0.2, 0.25) is 5.89 Å². The number of fused-ring (bicyclic) bond motifs is 1. The van der Waals surface area contributed by atoms with Crippen molar-refractivity contribution in [3.05, 3.63) is 83.4 Å². The lowest BCUT2D eigenvalue weighted by Crippen LogP contribution is -2.33. The third kappa shape index (κ3) is 3.01. The molecule has 3 nitrogen and oxygen atoms in total. The molecule has 24 heavy (non-hydrogen) atoms. The van der Waals surface area contributed by atoms with Crippen LogP contribution >= 0.6 is 11.6 Å². The number of rotatable bonds is 3. The third-order valence-electron chi connectivity index (χ3n) is 3.71. The fourth-order valence-electron chi connectivity index (χ4n) is 2.62. The highest BCUT2D eigenvalue weighted by Gasteiger charge is 2.12. The number of hydrogen-bond acceptors (Lipinski definition) is 2. The lowest BCUT2D eigenvalue weighted by molar-refractivity contribution is -0.687. The summed E-state index contributed by atoms with van der Waals surface area (Å²) >= 11 is 5.99. The standard InChI is InChI=1S/C19H13ClFN2O/c20-15-6-7-18-17(10-15)22-19(24-18)14-4-2-8-23(12-14)11-13-3-1-5-16(21)9-13/h1-10,12H,11H2/q+1. The molecule has 0 spiro atoms. The summed E-state index contributed by atoms with van der Waals surface area (Å²) in [6, 6.07) is 15.8. The van der Waals surface area contributed by atoms with Gasteiger partial charge in [-0.15, -0.1) is 0 Å². The molecule has 0 atom stereocenters. The first-order valence-electron chi connectivity index (χ1n) is 7.47. The number of benzene rings is 2. The van der Waals surface area contributed by atoms with Crippen molar-refractivity contribution >= 4 is 22.7 Å². The van der Waals surface area contributed by atoms with Crippen LogP contribution < -0.4 is 4.57 Å². The van der Waals surface area contributed by atoms with Gasteiger partial charge in [0.1, 0.15) is 16.9 Å². The molecule has 0 bridgehead atoms. The molecule has 0 unspecified atom stereocenters. The number of aromatic nitrogens is 2. The van der Waals surface area contributed by atoms with Crippen LogP contribution in [-0.4, -0.2) is 4.98 Å². The summed E-state index contributed by atoms with van der Waals surface area (Å²) in [7, 11) is 0. The quantitative estimate of drug-likeness (QED) is 0.510. The molecule has 0 aliphatic rings. The van der Waals surface area contributed by atoms with Crippen LogP contribution in [0.5, 0.6) is 0 Å². The zero-order valence-electron chi connectivity index (χ0n) is 12.6. The molecule has 118 valence electrons. The van der Waals surface area contributed by atoms with E-state index in [2.05, 4.69) is 4.98 Å². The molecule has 4 aromatic rings. The van der Waals surface area contributed by atoms with Crippen molar-refractivity contribution in [2.45, 2.75) is 6.54 Å². The predicted molar refractivity (Wildman–Crippen MR) is 90.2 cm³/mol. The number of pyridine rings is 1. The minimum atomic E-state index is -0.236. The van der Waals surface area contributed by atoms with E-state index in [1.165, 1.54) is 12.1 Å². The Labute approximate surface area is 143 Å². The predicted octanol–water partition coefficient (Wildman–Crippen LogP) is 4.62. The van der Waals surface area contributed by atoms with E-state index in [1.54, 1.807) is 24.3 Å². The Hall–Kier alpha value is -2.72. The summed E-state index contributed by atoms with van der Waals surface area (Å²) in [5, 5.41) is 0.622. The van der Waals surface area contributed by atoms with Crippen molar-refractivity contribution in [3.8, 4) is 11.5 Å². The summed E-state index contributed by atoms with van der Waals surface area (Å²) in [6.45, 7) is 0.567. The van der Waals surface area contributed by atoms with Crippen LogP contribution in [0.3, 0.4) is 0 Å². The lowest BCUT2D eigenvalue weighted by Gasteiger charge is -1.99. The Morgan fingerprint density at radius 1 is 1.08 bits per heavy atom. The van der Waals surface area contributed by atoms with E-state index in [1.807, 2.05) is 35.2 Å². The highest BCUT2D eigenvalue weighted by atomic mass is 35.5. The second-order valence-corrected chi connectivity index (χ2v) is 5.96. The Kier molecular flexibility index (Phi) is 3.75. The highest BCUT2D eigenvalue weighted by Crippen LogP contribution is 2.25. The van der Waals surface area contributed by atoms with Gasteiger partial charge in [-0.3, -0.25) is 0 Å². The average molecular weight is 340 g/mol. The average Bonchev–Trinajstić information content (AvgIpc) is 2.98. The largest absolute Gasteiger partial charge is 0.436 e. The SMILES string of the molecule is Fc1cccc(C[n+]2cccc(-c3nc4cc(Cl)ccc4o3)c2)c1. The van der Waals surface area contributed by atoms with Crippen LogP contribution in [-0.2, 0) is 6.54 Å². The maximum absolute atomic E-state index is 13.3. The summed E-state index contributed by atoms with van der Waals surface area (Å²) < 4.78 is 21.1. The van der Waals surface area contributed by atoms with E-state index in [-0.39, 0.29) is 5.82 Å². The molecule has 0 N–H and O–H groups in total. The van der Waals surface area contributed by atoms with E-state index in [0.717, 1.165) is 16.6 Å². The van der Waals surface area contributed by atoms with Crippen LogP contribution in [0, 0.1) is 5.82 Å². The van der Waals surface area contributed by atoms with Crippen molar-refractivity contribution in [3.63, 3.8) is 0 Å². The first-order valence-corrected chi connectivity index (χ1v) is 7.85. The Bertz CT molecular complexity index is 1030. The maximum atomic E-state index is 13.3. The molecule has 5 heteroatoms. The fourth-order valence-corrected chi connectivity index (χ4v) is 2.78. The van der Waals surface area contributed by atoms with Crippen LogP contribution in [0.4, 0.5) is 4.39 Å². The van der Waals surface area contributed by atoms with Gasteiger partial charge in [-0.2, -0.15) is 4.57 Å².